The summed E-state index contributed by atoms with van der Waals surface area (Å²) < 4.78 is 10.1. The number of aromatic nitrogens is 6. The van der Waals surface area contributed by atoms with Gasteiger partial charge in [0.05, 0.1) is 65.9 Å². The molecule has 5 heterocycles. The summed E-state index contributed by atoms with van der Waals surface area (Å²) >= 11 is 0. The minimum atomic E-state index is -1.38. The molecule has 0 aliphatic carbocycles. The molecule has 16 nitrogen and oxygen atoms in total. The van der Waals surface area contributed by atoms with Crippen molar-refractivity contribution in [3.63, 3.8) is 0 Å². The zero-order valence-corrected chi connectivity index (χ0v) is 32.7. The summed E-state index contributed by atoms with van der Waals surface area (Å²) in [6.07, 6.45) is 7.24. The van der Waals surface area contributed by atoms with Crippen molar-refractivity contribution in [1.82, 2.24) is 45.0 Å². The largest absolute Gasteiger partial charge is 0.453 e. The number of alkyl carbamates (subject to hydrolysis) is 1. The van der Waals surface area contributed by atoms with E-state index in [-0.39, 0.29) is 29.8 Å². The van der Waals surface area contributed by atoms with Gasteiger partial charge in [-0.1, -0.05) is 51.1 Å². The van der Waals surface area contributed by atoms with Crippen molar-refractivity contribution in [2.24, 2.45) is 11.7 Å². The molecule has 5 N–H and O–H groups in total. The number of nitrogens with two attached hydrogens (primary N) is 1. The van der Waals surface area contributed by atoms with Gasteiger partial charge < -0.3 is 40.3 Å². The number of carbonyl (C=O) groups is 4. The molecule has 57 heavy (non-hydrogen) atoms. The van der Waals surface area contributed by atoms with Gasteiger partial charge in [-0.3, -0.25) is 14.6 Å². The Labute approximate surface area is 330 Å². The SMILES string of the molecule is CCC(NC(=O)OC)C(=O)N1CCCC1c1ncc(-c2ccc3nc(-c4ccc(-c5cnc(C6CCCN6C(=O)[C@@](C)(OC(N)=O)C(C)C)[nH]5)cc4)cnc3c2)[nH]1. The number of aromatic amines is 2. The molecule has 0 saturated carbocycles. The summed E-state index contributed by atoms with van der Waals surface area (Å²) in [4.78, 5) is 79.8. The molecule has 4 atom stereocenters. The highest BCUT2D eigenvalue weighted by molar-refractivity contribution is 5.88. The molecular formula is C41H48N10O6. The zero-order chi connectivity index (χ0) is 40.4. The minimum Gasteiger partial charge on any atom is -0.453 e. The van der Waals surface area contributed by atoms with Crippen LogP contribution >= 0.6 is 0 Å². The van der Waals surface area contributed by atoms with Gasteiger partial charge in [0.2, 0.25) is 5.91 Å². The van der Waals surface area contributed by atoms with Crippen LogP contribution in [0.25, 0.3) is 44.8 Å². The van der Waals surface area contributed by atoms with Crippen molar-refractivity contribution in [1.29, 1.82) is 0 Å². The molecule has 0 spiro atoms. The van der Waals surface area contributed by atoms with E-state index in [1.165, 1.54) is 7.11 Å². The van der Waals surface area contributed by atoms with Crippen molar-refractivity contribution in [2.45, 2.75) is 83.5 Å². The van der Waals surface area contributed by atoms with Gasteiger partial charge >= 0.3 is 12.2 Å². The molecule has 0 radical (unpaired) electrons. The third kappa shape index (κ3) is 7.76. The topological polar surface area (TPSA) is 214 Å². The first-order chi connectivity index (χ1) is 27.4. The molecule has 3 unspecified atom stereocenters. The number of imidazole rings is 2. The molecule has 7 rings (SSSR count). The van der Waals surface area contributed by atoms with Crippen molar-refractivity contribution in [2.75, 3.05) is 20.2 Å². The number of benzene rings is 2. The number of fused-ring (bicyclic) bond motifs is 1. The fourth-order valence-electron chi connectivity index (χ4n) is 7.69. The van der Waals surface area contributed by atoms with Gasteiger partial charge in [0.25, 0.3) is 5.91 Å². The van der Waals surface area contributed by atoms with Crippen molar-refractivity contribution < 1.29 is 28.7 Å². The van der Waals surface area contributed by atoms with Gasteiger partial charge in [-0.05, 0) is 56.7 Å². The van der Waals surface area contributed by atoms with E-state index in [2.05, 4.69) is 25.3 Å². The molecule has 4 amide bonds. The molecule has 2 saturated heterocycles. The lowest BCUT2D eigenvalue weighted by atomic mass is 9.90. The van der Waals surface area contributed by atoms with Crippen LogP contribution < -0.4 is 11.1 Å². The molecule has 3 aromatic heterocycles. The first-order valence-electron chi connectivity index (χ1n) is 19.3. The number of rotatable bonds is 11. The highest BCUT2D eigenvalue weighted by atomic mass is 16.6. The van der Waals surface area contributed by atoms with Crippen LogP contribution in [0.2, 0.25) is 0 Å². The number of likely N-dealkylation sites (tertiary alicyclic amines) is 2. The molecular weight excluding hydrogens is 729 g/mol. The number of hydrogen-bond acceptors (Lipinski definition) is 10. The molecule has 2 fully saturated rings. The van der Waals surface area contributed by atoms with Gasteiger partial charge in [-0.2, -0.15) is 0 Å². The maximum atomic E-state index is 13.7. The third-order valence-electron chi connectivity index (χ3n) is 11.2. The van der Waals surface area contributed by atoms with E-state index >= 15 is 0 Å². The Hall–Kier alpha value is -6.32. The number of H-pyrrole nitrogens is 2. The van der Waals surface area contributed by atoms with Crippen molar-refractivity contribution in [3.05, 3.63) is 72.7 Å². The quantitative estimate of drug-likeness (QED) is 0.122. The summed E-state index contributed by atoms with van der Waals surface area (Å²) in [5.74, 6) is 0.637. The van der Waals surface area contributed by atoms with Gasteiger partial charge in [0.15, 0.2) is 5.60 Å². The van der Waals surface area contributed by atoms with Crippen LogP contribution in [-0.2, 0) is 19.1 Å². The van der Waals surface area contributed by atoms with Crippen molar-refractivity contribution in [3.8, 4) is 33.8 Å². The Morgan fingerprint density at radius 3 is 2.07 bits per heavy atom. The maximum Gasteiger partial charge on any atom is 0.407 e. The maximum absolute atomic E-state index is 13.7. The summed E-state index contributed by atoms with van der Waals surface area (Å²) in [6, 6.07) is 12.6. The second-order valence-corrected chi connectivity index (χ2v) is 15.0. The Morgan fingerprint density at radius 2 is 1.46 bits per heavy atom. The predicted molar refractivity (Wildman–Crippen MR) is 211 cm³/mol. The molecule has 5 aromatic rings. The molecule has 2 aliphatic rings. The Bertz CT molecular complexity index is 2290. The van der Waals surface area contributed by atoms with E-state index in [0.717, 1.165) is 70.5 Å². The van der Waals surface area contributed by atoms with E-state index in [9.17, 15) is 19.2 Å². The van der Waals surface area contributed by atoms with Gasteiger partial charge in [-0.25, -0.2) is 24.5 Å². The van der Waals surface area contributed by atoms with Crippen LogP contribution in [0.4, 0.5) is 9.59 Å². The lowest BCUT2D eigenvalue weighted by Gasteiger charge is -2.36. The van der Waals surface area contributed by atoms with E-state index < -0.39 is 23.8 Å². The normalized spacial score (nSPS) is 18.4. The average Bonchev–Trinajstić information content (AvgIpc) is 4.05. The smallest absolute Gasteiger partial charge is 0.407 e. The molecule has 0 bridgehead atoms. The minimum absolute atomic E-state index is 0.156. The lowest BCUT2D eigenvalue weighted by Crippen LogP contribution is -2.53. The molecule has 2 aliphatic heterocycles. The number of carbonyl (C=O) groups excluding carboxylic acids is 4. The number of methoxy groups -OCH3 is 1. The first kappa shape index (κ1) is 38.9. The summed E-state index contributed by atoms with van der Waals surface area (Å²) in [6.45, 7) is 8.22. The van der Waals surface area contributed by atoms with Crippen molar-refractivity contribution >= 4 is 35.0 Å². The standard InChI is InChI=1S/C41H48N10O6/c1-6-27(49-40(55)56-5)37(52)50-17-7-9-33(50)35-45-22-32(48-35)26-15-16-28-29(19-26)43-20-30(46-28)24-11-13-25(14-12-24)31-21-44-36(47-31)34-10-8-18-51(34)38(53)41(4,23(2)3)57-39(42)54/h11-16,19-23,27,33-34H,6-10,17-18H2,1-5H3,(H2,42,54)(H,44,47)(H,45,48)(H,49,55)/t27?,33?,34?,41-/m0/s1. The van der Waals surface area contributed by atoms with Crippen LogP contribution in [0.1, 0.15) is 83.5 Å². The summed E-state index contributed by atoms with van der Waals surface area (Å²) in [5, 5.41) is 2.64. The highest BCUT2D eigenvalue weighted by Crippen LogP contribution is 2.37. The van der Waals surface area contributed by atoms with E-state index in [0.29, 0.717) is 31.2 Å². The predicted octanol–water partition coefficient (Wildman–Crippen LogP) is 6.05. The van der Waals surface area contributed by atoms with Gasteiger partial charge in [0, 0.05) is 30.1 Å². The fourth-order valence-corrected chi connectivity index (χ4v) is 7.69. The number of ether oxygens (including phenoxy) is 2. The third-order valence-corrected chi connectivity index (χ3v) is 11.2. The molecule has 298 valence electrons. The monoisotopic (exact) mass is 776 g/mol. The Balaban J connectivity index is 1.03. The summed E-state index contributed by atoms with van der Waals surface area (Å²) in [5.41, 5.74) is 10.4. The summed E-state index contributed by atoms with van der Waals surface area (Å²) in [7, 11) is 1.28. The van der Waals surface area contributed by atoms with Crippen LogP contribution in [0.3, 0.4) is 0 Å². The van der Waals surface area contributed by atoms with Crippen LogP contribution in [0, 0.1) is 5.92 Å². The fraction of sp³-hybridized carbons (Fsp3) is 0.415. The number of primary amides is 1. The number of hydrogen-bond donors (Lipinski definition) is 4. The Morgan fingerprint density at radius 1 is 0.860 bits per heavy atom. The van der Waals surface area contributed by atoms with Crippen LogP contribution in [0.5, 0.6) is 0 Å². The zero-order valence-electron chi connectivity index (χ0n) is 32.7. The number of nitrogens with zero attached hydrogens (tertiary/aromatic N) is 6. The highest BCUT2D eigenvalue weighted by Gasteiger charge is 2.47. The Kier molecular flexibility index (Phi) is 11.0. The van der Waals surface area contributed by atoms with Crippen LogP contribution in [-0.4, -0.2) is 95.5 Å². The van der Waals surface area contributed by atoms with E-state index in [1.807, 2.05) is 63.2 Å². The van der Waals surface area contributed by atoms with Gasteiger partial charge in [0.1, 0.15) is 17.7 Å². The number of nitrogens with one attached hydrogen (secondary N) is 3. The van der Waals surface area contributed by atoms with Crippen LogP contribution in [0.15, 0.2) is 61.1 Å². The second kappa shape index (κ2) is 16.0. The first-order valence-corrected chi connectivity index (χ1v) is 19.3. The molecule has 2 aromatic carbocycles. The van der Waals surface area contributed by atoms with E-state index in [1.54, 1.807) is 35.3 Å². The second-order valence-electron chi connectivity index (χ2n) is 15.0. The van der Waals surface area contributed by atoms with Gasteiger partial charge in [-0.15, -0.1) is 0 Å². The molecule has 16 heteroatoms. The number of amides is 4. The lowest BCUT2D eigenvalue weighted by molar-refractivity contribution is -0.155. The van der Waals surface area contributed by atoms with E-state index in [4.69, 9.17) is 25.2 Å². The average molecular weight is 777 g/mol.